The second-order valence-electron chi connectivity index (χ2n) is 3.73. The van der Waals surface area contributed by atoms with Gasteiger partial charge in [0.05, 0.1) is 14.2 Å². The Balaban J connectivity index is 3.27. The third-order valence-electron chi connectivity index (χ3n) is 2.77. The number of rotatable bonds is 6. The monoisotopic (exact) mass is 302 g/mol. The lowest BCUT2D eigenvalue weighted by Crippen LogP contribution is -2.02. The smallest absolute Gasteiger partial charge is 0.164 e. The van der Waals surface area contributed by atoms with E-state index in [2.05, 4.69) is 22.9 Å². The number of aliphatic hydroxyl groups excluding tert-OH is 1. The van der Waals surface area contributed by atoms with Gasteiger partial charge in [-0.25, -0.2) is 0 Å². The fourth-order valence-corrected chi connectivity index (χ4v) is 2.62. The molecule has 0 amide bonds. The fourth-order valence-electron chi connectivity index (χ4n) is 1.97. The first-order valence-electron chi connectivity index (χ1n) is 5.72. The Morgan fingerprint density at radius 2 is 1.94 bits per heavy atom. The van der Waals surface area contributed by atoms with E-state index < -0.39 is 0 Å². The van der Waals surface area contributed by atoms with Crippen LogP contribution in [-0.2, 0) is 12.8 Å². The molecule has 0 fully saturated rings. The zero-order chi connectivity index (χ0) is 12.8. The standard InChI is InChI=1S/C13H19BrO3/c1-4-9-10(6-5-7-15)11(14)8-12(16-2)13(9)17-3/h8,15H,4-7H2,1-3H3. The minimum atomic E-state index is 0.198. The Labute approximate surface area is 111 Å². The Morgan fingerprint density at radius 3 is 2.41 bits per heavy atom. The zero-order valence-corrected chi connectivity index (χ0v) is 12.1. The fraction of sp³-hybridized carbons (Fsp3) is 0.538. The summed E-state index contributed by atoms with van der Waals surface area (Å²) in [5.41, 5.74) is 2.34. The predicted molar refractivity (Wildman–Crippen MR) is 72.0 cm³/mol. The molecule has 17 heavy (non-hydrogen) atoms. The Kier molecular flexibility index (Phi) is 5.78. The van der Waals surface area contributed by atoms with Gasteiger partial charge in [-0.1, -0.05) is 22.9 Å². The van der Waals surface area contributed by atoms with Gasteiger partial charge in [0, 0.05) is 16.6 Å². The zero-order valence-electron chi connectivity index (χ0n) is 10.5. The first-order valence-corrected chi connectivity index (χ1v) is 6.51. The highest BCUT2D eigenvalue weighted by atomic mass is 79.9. The van der Waals surface area contributed by atoms with E-state index in [0.29, 0.717) is 0 Å². The first-order chi connectivity index (χ1) is 8.19. The maximum atomic E-state index is 8.94. The van der Waals surface area contributed by atoms with E-state index in [4.69, 9.17) is 14.6 Å². The van der Waals surface area contributed by atoms with Crippen molar-refractivity contribution in [3.05, 3.63) is 21.7 Å². The molecule has 1 aromatic rings. The molecule has 0 aliphatic heterocycles. The average molecular weight is 303 g/mol. The summed E-state index contributed by atoms with van der Waals surface area (Å²) in [6.07, 6.45) is 2.46. The number of hydrogen-bond donors (Lipinski definition) is 1. The lowest BCUT2D eigenvalue weighted by Gasteiger charge is -2.17. The van der Waals surface area contributed by atoms with E-state index in [1.54, 1.807) is 14.2 Å². The molecule has 0 unspecified atom stereocenters. The number of aliphatic hydroxyl groups is 1. The van der Waals surface area contributed by atoms with E-state index in [-0.39, 0.29) is 6.61 Å². The summed E-state index contributed by atoms with van der Waals surface area (Å²) >= 11 is 3.56. The van der Waals surface area contributed by atoms with Crippen LogP contribution in [0.3, 0.4) is 0 Å². The quantitative estimate of drug-likeness (QED) is 0.878. The van der Waals surface area contributed by atoms with Gasteiger partial charge < -0.3 is 14.6 Å². The van der Waals surface area contributed by atoms with Crippen LogP contribution in [-0.4, -0.2) is 25.9 Å². The van der Waals surface area contributed by atoms with Crippen LogP contribution in [0.4, 0.5) is 0 Å². The maximum Gasteiger partial charge on any atom is 0.164 e. The van der Waals surface area contributed by atoms with Crippen LogP contribution in [0.2, 0.25) is 0 Å². The van der Waals surface area contributed by atoms with Crippen molar-refractivity contribution in [3.8, 4) is 11.5 Å². The summed E-state index contributed by atoms with van der Waals surface area (Å²) in [4.78, 5) is 0. The number of ether oxygens (including phenoxy) is 2. The summed E-state index contributed by atoms with van der Waals surface area (Å²) < 4.78 is 11.8. The lowest BCUT2D eigenvalue weighted by molar-refractivity contribution is 0.288. The lowest BCUT2D eigenvalue weighted by atomic mass is 9.99. The Bertz CT molecular complexity index is 377. The number of hydrogen-bond acceptors (Lipinski definition) is 3. The normalized spacial score (nSPS) is 10.4. The second kappa shape index (κ2) is 6.87. The van der Waals surface area contributed by atoms with Gasteiger partial charge in [0.2, 0.25) is 0 Å². The number of benzene rings is 1. The van der Waals surface area contributed by atoms with Gasteiger partial charge >= 0.3 is 0 Å². The van der Waals surface area contributed by atoms with Gasteiger partial charge in [-0.15, -0.1) is 0 Å². The minimum Gasteiger partial charge on any atom is -0.493 e. The third kappa shape index (κ3) is 3.13. The molecular formula is C13H19BrO3. The summed E-state index contributed by atoms with van der Waals surface area (Å²) in [5, 5.41) is 8.94. The van der Waals surface area contributed by atoms with Gasteiger partial charge in [-0.2, -0.15) is 0 Å². The van der Waals surface area contributed by atoms with Gasteiger partial charge in [0.25, 0.3) is 0 Å². The summed E-state index contributed by atoms with van der Waals surface area (Å²) in [7, 11) is 3.29. The van der Waals surface area contributed by atoms with Gasteiger partial charge in [-0.05, 0) is 30.9 Å². The van der Waals surface area contributed by atoms with Gasteiger partial charge in [-0.3, -0.25) is 0 Å². The van der Waals surface area contributed by atoms with Crippen molar-refractivity contribution < 1.29 is 14.6 Å². The number of methoxy groups -OCH3 is 2. The van der Waals surface area contributed by atoms with Crippen LogP contribution in [0.1, 0.15) is 24.5 Å². The van der Waals surface area contributed by atoms with Crippen molar-refractivity contribution in [2.24, 2.45) is 0 Å². The summed E-state index contributed by atoms with van der Waals surface area (Å²) in [6, 6.07) is 1.92. The molecule has 0 saturated carbocycles. The molecule has 1 aromatic carbocycles. The molecule has 0 bridgehead atoms. The molecular weight excluding hydrogens is 284 g/mol. The summed E-state index contributed by atoms with van der Waals surface area (Å²) in [5.74, 6) is 1.54. The second-order valence-corrected chi connectivity index (χ2v) is 4.59. The van der Waals surface area contributed by atoms with Crippen molar-refractivity contribution in [3.63, 3.8) is 0 Å². The molecule has 1 N–H and O–H groups in total. The molecule has 0 spiro atoms. The molecule has 0 atom stereocenters. The molecule has 96 valence electrons. The van der Waals surface area contributed by atoms with Crippen LogP contribution in [0.15, 0.2) is 10.5 Å². The van der Waals surface area contributed by atoms with Gasteiger partial charge in [0.1, 0.15) is 0 Å². The van der Waals surface area contributed by atoms with Crippen molar-refractivity contribution in [1.82, 2.24) is 0 Å². The highest BCUT2D eigenvalue weighted by Crippen LogP contribution is 2.39. The van der Waals surface area contributed by atoms with Crippen molar-refractivity contribution >= 4 is 15.9 Å². The first kappa shape index (κ1) is 14.3. The molecule has 0 saturated heterocycles. The van der Waals surface area contributed by atoms with Crippen LogP contribution < -0.4 is 9.47 Å². The van der Waals surface area contributed by atoms with E-state index in [9.17, 15) is 0 Å². The van der Waals surface area contributed by atoms with E-state index in [1.807, 2.05) is 6.07 Å². The molecule has 0 aliphatic carbocycles. The molecule has 0 heterocycles. The van der Waals surface area contributed by atoms with Crippen LogP contribution in [0.5, 0.6) is 11.5 Å². The van der Waals surface area contributed by atoms with Crippen LogP contribution >= 0.6 is 15.9 Å². The predicted octanol–water partition coefficient (Wildman–Crippen LogP) is 2.95. The maximum absolute atomic E-state index is 8.94. The van der Waals surface area contributed by atoms with Gasteiger partial charge in [0.15, 0.2) is 11.5 Å². The Hall–Kier alpha value is -0.740. The molecule has 4 heteroatoms. The van der Waals surface area contributed by atoms with E-state index in [1.165, 1.54) is 5.56 Å². The molecule has 1 rings (SSSR count). The largest absolute Gasteiger partial charge is 0.493 e. The van der Waals surface area contributed by atoms with Crippen LogP contribution in [0.25, 0.3) is 0 Å². The topological polar surface area (TPSA) is 38.7 Å². The van der Waals surface area contributed by atoms with Crippen LogP contribution in [0, 0.1) is 0 Å². The van der Waals surface area contributed by atoms with E-state index in [0.717, 1.165) is 40.8 Å². The third-order valence-corrected chi connectivity index (χ3v) is 3.48. The minimum absolute atomic E-state index is 0.198. The van der Waals surface area contributed by atoms with Crippen molar-refractivity contribution in [2.75, 3.05) is 20.8 Å². The summed E-state index contributed by atoms with van der Waals surface area (Å²) in [6.45, 7) is 2.29. The number of halogens is 1. The average Bonchev–Trinajstić information content (AvgIpc) is 2.35. The highest BCUT2D eigenvalue weighted by molar-refractivity contribution is 9.10. The molecule has 0 aliphatic rings. The SMILES string of the molecule is CCc1c(CCCO)c(Br)cc(OC)c1OC. The molecule has 3 nitrogen and oxygen atoms in total. The Morgan fingerprint density at radius 1 is 1.24 bits per heavy atom. The molecule has 0 radical (unpaired) electrons. The van der Waals surface area contributed by atoms with Crippen molar-refractivity contribution in [1.29, 1.82) is 0 Å². The van der Waals surface area contributed by atoms with Crippen molar-refractivity contribution in [2.45, 2.75) is 26.2 Å². The molecule has 0 aromatic heterocycles. The highest BCUT2D eigenvalue weighted by Gasteiger charge is 2.16. The van der Waals surface area contributed by atoms with E-state index >= 15 is 0 Å².